The maximum absolute atomic E-state index is 5.66. The number of piperidine rings is 1. The molecule has 3 rings (SSSR count). The van der Waals surface area contributed by atoms with Crippen LogP contribution in [0.2, 0.25) is 0 Å². The van der Waals surface area contributed by atoms with Crippen LogP contribution in [-0.4, -0.2) is 29.2 Å². The Morgan fingerprint density at radius 2 is 2.08 bits per heavy atom. The Hall–Kier alpha value is -2.30. The van der Waals surface area contributed by atoms with Crippen molar-refractivity contribution < 1.29 is 4.74 Å². The van der Waals surface area contributed by atoms with Crippen molar-refractivity contribution >= 4 is 17.5 Å². The Balaban J connectivity index is 1.81. The van der Waals surface area contributed by atoms with Crippen LogP contribution in [0.4, 0.5) is 17.5 Å². The molecule has 1 aliphatic heterocycles. The second-order valence-corrected chi connectivity index (χ2v) is 6.04. The fourth-order valence-electron chi connectivity index (χ4n) is 3.27. The van der Waals surface area contributed by atoms with Crippen LogP contribution in [0.15, 0.2) is 36.5 Å². The van der Waals surface area contributed by atoms with E-state index < -0.39 is 0 Å². The Labute approximate surface area is 144 Å². The van der Waals surface area contributed by atoms with Gasteiger partial charge in [0.2, 0.25) is 5.95 Å². The summed E-state index contributed by atoms with van der Waals surface area (Å²) in [4.78, 5) is 11.5. The van der Waals surface area contributed by atoms with Crippen molar-refractivity contribution in [1.82, 2.24) is 9.97 Å². The molecule has 1 saturated heterocycles. The molecule has 0 radical (unpaired) electrons. The molecule has 1 aromatic heterocycles. The van der Waals surface area contributed by atoms with Gasteiger partial charge in [-0.3, -0.25) is 0 Å². The third-order valence-corrected chi connectivity index (χ3v) is 4.47. The molecule has 1 fully saturated rings. The van der Waals surface area contributed by atoms with Crippen molar-refractivity contribution in [2.45, 2.75) is 45.6 Å². The number of benzene rings is 1. The second kappa shape index (κ2) is 7.99. The molecular weight excluding hydrogens is 300 g/mol. The molecule has 0 amide bonds. The summed E-state index contributed by atoms with van der Waals surface area (Å²) in [6.07, 6.45) is 6.77. The minimum absolute atomic E-state index is 0.581. The molecule has 2 heterocycles. The van der Waals surface area contributed by atoms with Crippen molar-refractivity contribution in [3.05, 3.63) is 36.5 Å². The lowest BCUT2D eigenvalue weighted by Gasteiger charge is -2.36. The molecule has 128 valence electrons. The number of para-hydroxylation sites is 2. The molecule has 1 unspecified atom stereocenters. The van der Waals surface area contributed by atoms with Gasteiger partial charge < -0.3 is 15.0 Å². The highest BCUT2D eigenvalue weighted by atomic mass is 16.5. The fourth-order valence-corrected chi connectivity index (χ4v) is 3.27. The van der Waals surface area contributed by atoms with Gasteiger partial charge in [0.05, 0.1) is 12.3 Å². The lowest BCUT2D eigenvalue weighted by Crippen LogP contribution is -2.39. The minimum Gasteiger partial charge on any atom is -0.492 e. The molecule has 1 aliphatic rings. The quantitative estimate of drug-likeness (QED) is 0.853. The number of anilines is 3. The lowest BCUT2D eigenvalue weighted by molar-refractivity contribution is 0.342. The fraction of sp³-hybridized carbons (Fsp3) is 0.474. The van der Waals surface area contributed by atoms with Crippen LogP contribution in [0, 0.1) is 0 Å². The van der Waals surface area contributed by atoms with Crippen LogP contribution in [0.3, 0.4) is 0 Å². The normalized spacial score (nSPS) is 17.6. The predicted molar refractivity (Wildman–Crippen MR) is 98.2 cm³/mol. The zero-order valence-electron chi connectivity index (χ0n) is 14.5. The van der Waals surface area contributed by atoms with E-state index in [9.17, 15) is 0 Å². The first-order chi connectivity index (χ1) is 11.8. The third-order valence-electron chi connectivity index (χ3n) is 4.47. The molecule has 5 nitrogen and oxygen atoms in total. The Morgan fingerprint density at radius 1 is 1.21 bits per heavy atom. The number of aromatic nitrogens is 2. The van der Waals surface area contributed by atoms with Gasteiger partial charge in [0, 0.05) is 18.8 Å². The largest absolute Gasteiger partial charge is 0.492 e. The van der Waals surface area contributed by atoms with Gasteiger partial charge in [-0.1, -0.05) is 19.1 Å². The maximum Gasteiger partial charge on any atom is 0.229 e. The predicted octanol–water partition coefficient (Wildman–Crippen LogP) is 4.39. The van der Waals surface area contributed by atoms with E-state index in [0.29, 0.717) is 18.6 Å². The van der Waals surface area contributed by atoms with Crippen LogP contribution in [-0.2, 0) is 0 Å². The summed E-state index contributed by atoms with van der Waals surface area (Å²) >= 11 is 0. The molecule has 5 heteroatoms. The highest BCUT2D eigenvalue weighted by molar-refractivity contribution is 5.63. The molecule has 1 atom stereocenters. The van der Waals surface area contributed by atoms with E-state index in [1.165, 1.54) is 19.3 Å². The number of hydrogen-bond donors (Lipinski definition) is 1. The highest BCUT2D eigenvalue weighted by Crippen LogP contribution is 2.28. The van der Waals surface area contributed by atoms with E-state index in [1.54, 1.807) is 0 Å². The number of hydrogen-bond acceptors (Lipinski definition) is 5. The van der Waals surface area contributed by atoms with Crippen LogP contribution >= 0.6 is 0 Å². The molecule has 0 spiro atoms. The Kier molecular flexibility index (Phi) is 5.51. The van der Waals surface area contributed by atoms with E-state index in [2.05, 4.69) is 22.1 Å². The Morgan fingerprint density at radius 3 is 2.92 bits per heavy atom. The van der Waals surface area contributed by atoms with Gasteiger partial charge in [-0.25, -0.2) is 4.98 Å². The molecule has 24 heavy (non-hydrogen) atoms. The monoisotopic (exact) mass is 326 g/mol. The molecule has 0 bridgehead atoms. The minimum atomic E-state index is 0.581. The van der Waals surface area contributed by atoms with Gasteiger partial charge >= 0.3 is 0 Å². The lowest BCUT2D eigenvalue weighted by atomic mass is 10.0. The van der Waals surface area contributed by atoms with E-state index in [0.717, 1.165) is 30.2 Å². The second-order valence-electron chi connectivity index (χ2n) is 6.04. The summed E-state index contributed by atoms with van der Waals surface area (Å²) in [5, 5.41) is 3.30. The van der Waals surface area contributed by atoms with Crippen molar-refractivity contribution in [1.29, 1.82) is 0 Å². The van der Waals surface area contributed by atoms with Crippen LogP contribution < -0.4 is 15.0 Å². The summed E-state index contributed by atoms with van der Waals surface area (Å²) < 4.78 is 5.66. The first kappa shape index (κ1) is 16.6. The van der Waals surface area contributed by atoms with Gasteiger partial charge in [0.25, 0.3) is 0 Å². The van der Waals surface area contributed by atoms with Crippen molar-refractivity contribution in [3.8, 4) is 5.75 Å². The summed E-state index contributed by atoms with van der Waals surface area (Å²) in [6, 6.07) is 10.5. The number of nitrogens with zero attached hydrogens (tertiary/aromatic N) is 3. The topological polar surface area (TPSA) is 50.3 Å². The van der Waals surface area contributed by atoms with Gasteiger partial charge in [0.15, 0.2) is 0 Å². The molecule has 0 aliphatic carbocycles. The average Bonchev–Trinajstić information content (AvgIpc) is 2.64. The van der Waals surface area contributed by atoms with Crippen molar-refractivity contribution in [2.24, 2.45) is 0 Å². The van der Waals surface area contributed by atoms with Crippen LogP contribution in [0.25, 0.3) is 0 Å². The molecule has 0 saturated carbocycles. The summed E-state index contributed by atoms with van der Waals surface area (Å²) in [5.41, 5.74) is 0.891. The standard InChI is InChI=1S/C19H26N4O/c1-3-15-9-7-8-14-23(15)18-12-13-20-19(22-18)21-16-10-5-6-11-17(16)24-4-2/h5-6,10-13,15H,3-4,7-9,14H2,1-2H3,(H,20,21,22). The van der Waals surface area contributed by atoms with Crippen LogP contribution in [0.1, 0.15) is 39.5 Å². The van der Waals surface area contributed by atoms with Crippen molar-refractivity contribution in [3.63, 3.8) is 0 Å². The Bertz CT molecular complexity index is 661. The zero-order chi connectivity index (χ0) is 16.8. The van der Waals surface area contributed by atoms with Gasteiger partial charge in [0.1, 0.15) is 11.6 Å². The summed E-state index contributed by atoms with van der Waals surface area (Å²) in [6.45, 7) is 5.94. The number of rotatable bonds is 6. The summed E-state index contributed by atoms with van der Waals surface area (Å²) in [5.74, 6) is 2.44. The zero-order valence-corrected chi connectivity index (χ0v) is 14.5. The summed E-state index contributed by atoms with van der Waals surface area (Å²) in [7, 11) is 0. The first-order valence-electron chi connectivity index (χ1n) is 8.90. The van der Waals surface area contributed by atoms with Crippen molar-refractivity contribution in [2.75, 3.05) is 23.4 Å². The van der Waals surface area contributed by atoms with Gasteiger partial charge in [-0.2, -0.15) is 4.98 Å². The third kappa shape index (κ3) is 3.78. The first-order valence-corrected chi connectivity index (χ1v) is 8.90. The molecular formula is C19H26N4O. The molecule has 1 aromatic carbocycles. The average molecular weight is 326 g/mol. The van der Waals surface area contributed by atoms with E-state index in [4.69, 9.17) is 9.72 Å². The highest BCUT2D eigenvalue weighted by Gasteiger charge is 2.22. The van der Waals surface area contributed by atoms with E-state index in [-0.39, 0.29) is 0 Å². The van der Waals surface area contributed by atoms with E-state index >= 15 is 0 Å². The van der Waals surface area contributed by atoms with Gasteiger partial charge in [-0.05, 0) is 50.8 Å². The number of nitrogens with one attached hydrogen (secondary N) is 1. The number of ether oxygens (including phenoxy) is 1. The molecule has 2 aromatic rings. The smallest absolute Gasteiger partial charge is 0.229 e. The SMILES string of the molecule is CCOc1ccccc1Nc1nccc(N2CCCCC2CC)n1. The van der Waals surface area contributed by atoms with E-state index in [1.807, 2.05) is 43.5 Å². The maximum atomic E-state index is 5.66. The van der Waals surface area contributed by atoms with Crippen LogP contribution in [0.5, 0.6) is 5.75 Å². The van der Waals surface area contributed by atoms with Gasteiger partial charge in [-0.15, -0.1) is 0 Å². The molecule has 1 N–H and O–H groups in total.